The second kappa shape index (κ2) is 4.79. The zero-order valence-electron chi connectivity index (χ0n) is 8.38. The molecular formula is C11H13ClFNO. The first kappa shape index (κ1) is 10.7. The van der Waals surface area contributed by atoms with Gasteiger partial charge < -0.3 is 4.74 Å². The molecule has 0 spiro atoms. The maximum atomic E-state index is 13.2. The molecule has 0 bridgehead atoms. The van der Waals surface area contributed by atoms with Crippen molar-refractivity contribution >= 4 is 11.6 Å². The Labute approximate surface area is 93.4 Å². The van der Waals surface area contributed by atoms with E-state index in [0.717, 1.165) is 12.3 Å². The van der Waals surface area contributed by atoms with E-state index in [-0.39, 0.29) is 5.88 Å². The molecule has 0 radical (unpaired) electrons. The lowest BCUT2D eigenvalue weighted by molar-refractivity contribution is 0.211. The Morgan fingerprint density at radius 2 is 2.33 bits per heavy atom. The summed E-state index contributed by atoms with van der Waals surface area (Å²) in [5.41, 5.74) is 0. The summed E-state index contributed by atoms with van der Waals surface area (Å²) in [4.78, 5) is 3.79. The van der Waals surface area contributed by atoms with Crippen molar-refractivity contribution in [2.75, 3.05) is 6.61 Å². The van der Waals surface area contributed by atoms with Crippen LogP contribution >= 0.6 is 11.6 Å². The van der Waals surface area contributed by atoms with Gasteiger partial charge in [-0.2, -0.15) is 0 Å². The van der Waals surface area contributed by atoms with Crippen LogP contribution in [0.4, 0.5) is 4.39 Å². The summed E-state index contributed by atoms with van der Waals surface area (Å²) >= 11 is 5.57. The Balaban J connectivity index is 1.81. The highest BCUT2D eigenvalue weighted by molar-refractivity contribution is 6.30. The Morgan fingerprint density at radius 3 is 2.93 bits per heavy atom. The van der Waals surface area contributed by atoms with Crippen LogP contribution < -0.4 is 4.74 Å². The van der Waals surface area contributed by atoms with Gasteiger partial charge in [0, 0.05) is 6.20 Å². The average Bonchev–Trinajstić information content (AvgIpc) is 2.12. The highest BCUT2D eigenvalue weighted by Crippen LogP contribution is 2.29. The van der Waals surface area contributed by atoms with Crippen molar-refractivity contribution in [2.45, 2.75) is 25.7 Å². The summed E-state index contributed by atoms with van der Waals surface area (Å²) in [6, 6.07) is 1.22. The van der Waals surface area contributed by atoms with Crippen LogP contribution in [0.2, 0.25) is 5.02 Å². The van der Waals surface area contributed by atoms with E-state index in [9.17, 15) is 4.39 Å². The molecule has 1 aliphatic carbocycles. The number of hydrogen-bond acceptors (Lipinski definition) is 2. The number of halogens is 2. The Kier molecular flexibility index (Phi) is 3.41. The Morgan fingerprint density at radius 1 is 1.53 bits per heavy atom. The SMILES string of the molecule is Fc1cc(Cl)cnc1OCCC1CCC1. The number of pyridine rings is 1. The van der Waals surface area contributed by atoms with Gasteiger partial charge in [-0.05, 0) is 18.4 Å². The molecule has 1 aromatic rings. The van der Waals surface area contributed by atoms with Crippen molar-refractivity contribution in [3.05, 3.63) is 23.1 Å². The van der Waals surface area contributed by atoms with Crippen LogP contribution in [0.15, 0.2) is 12.3 Å². The van der Waals surface area contributed by atoms with Crippen molar-refractivity contribution in [3.63, 3.8) is 0 Å². The summed E-state index contributed by atoms with van der Waals surface area (Å²) in [5, 5.41) is 0.291. The molecule has 0 atom stereocenters. The first-order chi connectivity index (χ1) is 7.25. The highest BCUT2D eigenvalue weighted by Gasteiger charge is 2.17. The van der Waals surface area contributed by atoms with Gasteiger partial charge in [0.15, 0.2) is 5.82 Å². The monoisotopic (exact) mass is 229 g/mol. The molecule has 0 amide bonds. The van der Waals surface area contributed by atoms with E-state index in [2.05, 4.69) is 4.98 Å². The average molecular weight is 230 g/mol. The van der Waals surface area contributed by atoms with Crippen LogP contribution in [0.25, 0.3) is 0 Å². The van der Waals surface area contributed by atoms with Gasteiger partial charge in [0.25, 0.3) is 0 Å². The standard InChI is InChI=1S/C11H13ClFNO/c12-9-6-10(13)11(14-7-9)15-5-4-8-2-1-3-8/h6-8H,1-5H2. The zero-order chi connectivity index (χ0) is 10.7. The van der Waals surface area contributed by atoms with E-state index < -0.39 is 5.82 Å². The fourth-order valence-corrected chi connectivity index (χ4v) is 1.76. The molecule has 82 valence electrons. The molecule has 4 heteroatoms. The number of hydrogen-bond donors (Lipinski definition) is 0. The van der Waals surface area contributed by atoms with Gasteiger partial charge in [-0.25, -0.2) is 9.37 Å². The predicted octanol–water partition coefficient (Wildman–Crippen LogP) is 3.44. The maximum Gasteiger partial charge on any atom is 0.250 e. The molecule has 1 heterocycles. The number of rotatable bonds is 4. The molecule has 2 rings (SSSR count). The van der Waals surface area contributed by atoms with E-state index in [1.165, 1.54) is 31.5 Å². The normalized spacial score (nSPS) is 16.1. The van der Waals surface area contributed by atoms with Gasteiger partial charge >= 0.3 is 0 Å². The summed E-state index contributed by atoms with van der Waals surface area (Å²) in [6.07, 6.45) is 6.26. The van der Waals surface area contributed by atoms with Crippen LogP contribution in [-0.2, 0) is 0 Å². The van der Waals surface area contributed by atoms with E-state index in [4.69, 9.17) is 16.3 Å². The molecule has 1 fully saturated rings. The Hall–Kier alpha value is -0.830. The number of aromatic nitrogens is 1. The molecule has 0 saturated heterocycles. The predicted molar refractivity (Wildman–Crippen MR) is 56.7 cm³/mol. The highest BCUT2D eigenvalue weighted by atomic mass is 35.5. The molecule has 1 saturated carbocycles. The van der Waals surface area contributed by atoms with Crippen LogP contribution in [0.3, 0.4) is 0 Å². The molecule has 1 aliphatic rings. The topological polar surface area (TPSA) is 22.1 Å². The van der Waals surface area contributed by atoms with Crippen molar-refractivity contribution in [1.82, 2.24) is 4.98 Å². The third-order valence-electron chi connectivity index (χ3n) is 2.76. The van der Waals surface area contributed by atoms with Gasteiger partial charge in [-0.3, -0.25) is 0 Å². The van der Waals surface area contributed by atoms with E-state index in [1.807, 2.05) is 0 Å². The second-order valence-corrected chi connectivity index (χ2v) is 4.31. The number of ether oxygens (including phenoxy) is 1. The molecule has 0 aliphatic heterocycles. The van der Waals surface area contributed by atoms with Crippen molar-refractivity contribution < 1.29 is 9.13 Å². The van der Waals surface area contributed by atoms with Crippen LogP contribution in [0.5, 0.6) is 5.88 Å². The molecule has 0 unspecified atom stereocenters. The lowest BCUT2D eigenvalue weighted by Crippen LogP contribution is -2.15. The molecular weight excluding hydrogens is 217 g/mol. The van der Waals surface area contributed by atoms with Crippen molar-refractivity contribution in [2.24, 2.45) is 5.92 Å². The van der Waals surface area contributed by atoms with E-state index in [1.54, 1.807) is 0 Å². The fourth-order valence-electron chi connectivity index (χ4n) is 1.61. The maximum absolute atomic E-state index is 13.2. The summed E-state index contributed by atoms with van der Waals surface area (Å²) in [6.45, 7) is 0.538. The zero-order valence-corrected chi connectivity index (χ0v) is 9.13. The summed E-state index contributed by atoms with van der Waals surface area (Å²) < 4.78 is 18.5. The van der Waals surface area contributed by atoms with E-state index >= 15 is 0 Å². The third kappa shape index (κ3) is 2.81. The first-order valence-corrected chi connectivity index (χ1v) is 5.57. The van der Waals surface area contributed by atoms with Crippen molar-refractivity contribution in [1.29, 1.82) is 0 Å². The van der Waals surface area contributed by atoms with Gasteiger partial charge in [0.2, 0.25) is 5.88 Å². The van der Waals surface area contributed by atoms with Gasteiger partial charge in [0.05, 0.1) is 11.6 Å². The van der Waals surface area contributed by atoms with Crippen molar-refractivity contribution in [3.8, 4) is 5.88 Å². The van der Waals surface area contributed by atoms with Crippen LogP contribution in [-0.4, -0.2) is 11.6 Å². The smallest absolute Gasteiger partial charge is 0.250 e. The molecule has 0 N–H and O–H groups in total. The second-order valence-electron chi connectivity index (χ2n) is 3.87. The minimum atomic E-state index is -0.490. The Bertz CT molecular complexity index is 341. The fraction of sp³-hybridized carbons (Fsp3) is 0.545. The minimum Gasteiger partial charge on any atom is -0.476 e. The minimum absolute atomic E-state index is 0.0544. The lowest BCUT2D eigenvalue weighted by atomic mass is 9.83. The third-order valence-corrected chi connectivity index (χ3v) is 2.97. The molecule has 2 nitrogen and oxygen atoms in total. The van der Waals surface area contributed by atoms with Crippen LogP contribution in [0, 0.1) is 11.7 Å². The summed E-state index contributed by atoms with van der Waals surface area (Å²) in [5.74, 6) is 0.329. The largest absolute Gasteiger partial charge is 0.476 e. The van der Waals surface area contributed by atoms with E-state index in [0.29, 0.717) is 11.6 Å². The first-order valence-electron chi connectivity index (χ1n) is 5.19. The van der Waals surface area contributed by atoms with Gasteiger partial charge in [-0.15, -0.1) is 0 Å². The quantitative estimate of drug-likeness (QED) is 0.789. The van der Waals surface area contributed by atoms with Gasteiger partial charge in [-0.1, -0.05) is 30.9 Å². The molecule has 1 aromatic heterocycles. The molecule has 0 aromatic carbocycles. The summed E-state index contributed by atoms with van der Waals surface area (Å²) in [7, 11) is 0. The van der Waals surface area contributed by atoms with Crippen LogP contribution in [0.1, 0.15) is 25.7 Å². The lowest BCUT2D eigenvalue weighted by Gasteiger charge is -2.24. The molecule has 15 heavy (non-hydrogen) atoms. The number of nitrogens with zero attached hydrogens (tertiary/aromatic N) is 1. The van der Waals surface area contributed by atoms with Gasteiger partial charge in [0.1, 0.15) is 0 Å².